The smallest absolute Gasteiger partial charge is 0.304 e. The molecule has 1 atom stereocenters. The molecule has 11 heteroatoms. The Morgan fingerprint density at radius 3 is 2.51 bits per heavy atom. The lowest BCUT2D eigenvalue weighted by Gasteiger charge is -2.21. The van der Waals surface area contributed by atoms with Crippen molar-refractivity contribution in [1.82, 2.24) is 9.97 Å². The summed E-state index contributed by atoms with van der Waals surface area (Å²) in [7, 11) is 1.47. The van der Waals surface area contributed by atoms with E-state index in [1.807, 2.05) is 36.4 Å². The molecule has 212 valence electrons. The Labute approximate surface area is 240 Å². The Morgan fingerprint density at radius 1 is 1.15 bits per heavy atom. The molecule has 4 heterocycles. The molecule has 41 heavy (non-hydrogen) atoms. The summed E-state index contributed by atoms with van der Waals surface area (Å²) in [5, 5.41) is 8.95. The number of amides is 2. The Kier molecular flexibility index (Phi) is 7.98. The third-order valence-corrected chi connectivity index (χ3v) is 8.09. The summed E-state index contributed by atoms with van der Waals surface area (Å²) in [5.74, 6) is -0.817. The minimum Gasteiger partial charge on any atom is -0.481 e. The van der Waals surface area contributed by atoms with E-state index in [1.54, 1.807) is 31.0 Å². The lowest BCUT2D eigenvalue weighted by molar-refractivity contribution is -0.140. The van der Waals surface area contributed by atoms with E-state index in [1.165, 1.54) is 11.9 Å². The van der Waals surface area contributed by atoms with Crippen LogP contribution in [0.2, 0.25) is 0 Å². The normalized spacial score (nSPS) is 14.0. The Balaban J connectivity index is 1.45. The summed E-state index contributed by atoms with van der Waals surface area (Å²) in [6, 6.07) is 12.7. The van der Waals surface area contributed by atoms with Crippen LogP contribution in [-0.2, 0) is 20.8 Å². The van der Waals surface area contributed by atoms with Crippen LogP contribution in [-0.4, -0.2) is 46.5 Å². The summed E-state index contributed by atoms with van der Waals surface area (Å²) in [6.45, 7) is 4.11. The Morgan fingerprint density at radius 2 is 1.88 bits per heavy atom. The number of halogens is 1. The molecule has 3 aromatic heterocycles. The number of furan rings is 1. The quantitative estimate of drug-likeness (QED) is 0.274. The highest BCUT2D eigenvalue weighted by Crippen LogP contribution is 2.42. The maximum Gasteiger partial charge on any atom is 0.304 e. The highest BCUT2D eigenvalue weighted by Gasteiger charge is 2.31. The zero-order valence-electron chi connectivity index (χ0n) is 22.9. The monoisotopic (exact) mass is 576 g/mol. The number of carbonyl (C=O) groups excluding carboxylic acids is 2. The highest BCUT2D eigenvalue weighted by molar-refractivity contribution is 7.14. The van der Waals surface area contributed by atoms with Crippen LogP contribution in [0.1, 0.15) is 36.3 Å². The molecular weight excluding hydrogens is 547 g/mol. The average Bonchev–Trinajstić information content (AvgIpc) is 3.63. The number of benzene rings is 1. The van der Waals surface area contributed by atoms with Crippen molar-refractivity contribution in [3.8, 4) is 22.4 Å². The standard InChI is InChI=1S/C30H29FN4O5S/c1-17-25(20-11-12-22(32-16-20)35-13-7-10-23(35)36)26(18(2)40-17)27-28(31)41-30(33-27)34(3)29(39)21(15-24(37)38)14-19-8-5-4-6-9-19/h4-6,8-9,11-12,16,21H,7,10,13-15H2,1-3H3,(H,37,38). The number of rotatable bonds is 9. The van der Waals surface area contributed by atoms with Gasteiger partial charge in [0.1, 0.15) is 23.0 Å². The first-order chi connectivity index (χ1) is 19.6. The van der Waals surface area contributed by atoms with Gasteiger partial charge in [-0.05, 0) is 44.4 Å². The van der Waals surface area contributed by atoms with E-state index in [0.29, 0.717) is 58.3 Å². The molecule has 5 rings (SSSR count). The van der Waals surface area contributed by atoms with Crippen molar-refractivity contribution >= 4 is 40.1 Å². The second-order valence-corrected chi connectivity index (χ2v) is 10.9. The summed E-state index contributed by atoms with van der Waals surface area (Å²) in [6.07, 6.45) is 2.78. The minimum absolute atomic E-state index is 0.0330. The number of nitrogens with zero attached hydrogens (tertiary/aromatic N) is 4. The Bertz CT molecular complexity index is 1600. The number of carboxylic acid groups (broad SMARTS) is 1. The molecular formula is C30H29FN4O5S. The fourth-order valence-corrected chi connectivity index (χ4v) is 5.98. The first-order valence-electron chi connectivity index (χ1n) is 13.2. The molecule has 1 aliphatic rings. The lowest BCUT2D eigenvalue weighted by atomic mass is 9.95. The first-order valence-corrected chi connectivity index (χ1v) is 14.0. The zero-order chi connectivity index (χ0) is 29.3. The number of aryl methyl sites for hydroxylation is 2. The summed E-state index contributed by atoms with van der Waals surface area (Å²) < 4.78 is 21.4. The van der Waals surface area contributed by atoms with Crippen LogP contribution in [0.3, 0.4) is 0 Å². The number of hydrogen-bond donors (Lipinski definition) is 1. The number of anilines is 2. The van der Waals surface area contributed by atoms with E-state index < -0.39 is 22.9 Å². The van der Waals surface area contributed by atoms with Gasteiger partial charge in [-0.1, -0.05) is 41.7 Å². The largest absolute Gasteiger partial charge is 0.481 e. The molecule has 1 unspecified atom stereocenters. The summed E-state index contributed by atoms with van der Waals surface area (Å²) in [4.78, 5) is 48.9. The highest BCUT2D eigenvalue weighted by atomic mass is 32.1. The van der Waals surface area contributed by atoms with Gasteiger partial charge in [0.2, 0.25) is 16.9 Å². The number of aliphatic carboxylic acids is 1. The van der Waals surface area contributed by atoms with Gasteiger partial charge < -0.3 is 9.52 Å². The maximum atomic E-state index is 15.5. The summed E-state index contributed by atoms with van der Waals surface area (Å²) >= 11 is 0.708. The Hall–Kier alpha value is -4.38. The molecule has 1 aromatic carbocycles. The molecule has 0 bridgehead atoms. The number of thiazole rings is 1. The zero-order valence-corrected chi connectivity index (χ0v) is 23.7. The van der Waals surface area contributed by atoms with Crippen molar-refractivity contribution in [1.29, 1.82) is 0 Å². The molecule has 1 aliphatic heterocycles. The molecule has 4 aromatic rings. The lowest BCUT2D eigenvalue weighted by Crippen LogP contribution is -2.35. The van der Waals surface area contributed by atoms with Crippen LogP contribution in [0.15, 0.2) is 53.1 Å². The van der Waals surface area contributed by atoms with Crippen LogP contribution >= 0.6 is 11.3 Å². The van der Waals surface area contributed by atoms with Gasteiger partial charge in [-0.3, -0.25) is 24.2 Å². The first kappa shape index (κ1) is 28.2. The van der Waals surface area contributed by atoms with E-state index in [-0.39, 0.29) is 29.6 Å². The number of carbonyl (C=O) groups is 3. The predicted octanol–water partition coefficient (Wildman–Crippen LogP) is 5.64. The van der Waals surface area contributed by atoms with Crippen LogP contribution in [0.4, 0.5) is 15.3 Å². The second kappa shape index (κ2) is 11.6. The maximum absolute atomic E-state index is 15.5. The fraction of sp³-hybridized carbons (Fsp3) is 0.300. The van der Waals surface area contributed by atoms with E-state index in [0.717, 1.165) is 12.0 Å². The van der Waals surface area contributed by atoms with Crippen LogP contribution < -0.4 is 9.80 Å². The molecule has 0 aliphatic carbocycles. The number of aromatic nitrogens is 2. The molecule has 1 saturated heterocycles. The minimum atomic E-state index is -1.10. The van der Waals surface area contributed by atoms with Gasteiger partial charge in [0, 0.05) is 37.3 Å². The predicted molar refractivity (Wildman–Crippen MR) is 153 cm³/mol. The van der Waals surface area contributed by atoms with Crippen molar-refractivity contribution < 1.29 is 28.3 Å². The van der Waals surface area contributed by atoms with Gasteiger partial charge in [0.25, 0.3) is 0 Å². The van der Waals surface area contributed by atoms with Gasteiger partial charge in [0.15, 0.2) is 5.13 Å². The van der Waals surface area contributed by atoms with Crippen molar-refractivity contribution in [3.05, 3.63) is 70.9 Å². The topological polar surface area (TPSA) is 117 Å². The van der Waals surface area contributed by atoms with E-state index in [9.17, 15) is 19.5 Å². The van der Waals surface area contributed by atoms with Crippen LogP contribution in [0.5, 0.6) is 0 Å². The molecule has 0 radical (unpaired) electrons. The van der Waals surface area contributed by atoms with E-state index >= 15 is 4.39 Å². The molecule has 0 spiro atoms. The second-order valence-electron chi connectivity index (χ2n) is 10.0. The number of pyridine rings is 1. The number of hydrogen-bond acceptors (Lipinski definition) is 7. The molecule has 0 saturated carbocycles. The average molecular weight is 577 g/mol. The van der Waals surface area contributed by atoms with Crippen LogP contribution in [0, 0.1) is 24.9 Å². The van der Waals surface area contributed by atoms with Crippen molar-refractivity contribution in [3.63, 3.8) is 0 Å². The molecule has 2 amide bonds. The van der Waals surface area contributed by atoms with Crippen molar-refractivity contribution in [2.75, 3.05) is 23.4 Å². The van der Waals surface area contributed by atoms with Crippen LogP contribution in [0.25, 0.3) is 22.4 Å². The van der Waals surface area contributed by atoms with Gasteiger partial charge >= 0.3 is 5.97 Å². The molecule has 1 N–H and O–H groups in total. The van der Waals surface area contributed by atoms with E-state index in [2.05, 4.69) is 9.97 Å². The van der Waals surface area contributed by atoms with Crippen molar-refractivity contribution in [2.24, 2.45) is 5.92 Å². The summed E-state index contributed by atoms with van der Waals surface area (Å²) in [5.41, 5.74) is 2.60. The van der Waals surface area contributed by atoms with Crippen molar-refractivity contribution in [2.45, 2.75) is 39.5 Å². The van der Waals surface area contributed by atoms with Gasteiger partial charge in [-0.25, -0.2) is 9.97 Å². The third kappa shape index (κ3) is 5.76. The van der Waals surface area contributed by atoms with Gasteiger partial charge in [-0.15, -0.1) is 0 Å². The fourth-order valence-electron chi connectivity index (χ4n) is 5.21. The van der Waals surface area contributed by atoms with Gasteiger partial charge in [0.05, 0.1) is 17.9 Å². The third-order valence-electron chi connectivity index (χ3n) is 7.17. The molecule has 9 nitrogen and oxygen atoms in total. The number of carboxylic acids is 1. The van der Waals surface area contributed by atoms with E-state index in [4.69, 9.17) is 4.42 Å². The SMILES string of the molecule is Cc1oc(C)c(-c2nc(N(C)C(=O)C(CC(=O)O)Cc3ccccc3)sc2F)c1-c1ccc(N2CCCC2=O)nc1. The molecule has 1 fully saturated rings. The van der Waals surface area contributed by atoms with Gasteiger partial charge in [-0.2, -0.15) is 4.39 Å².